The average molecular weight is 474 g/mol. The molecule has 0 saturated carbocycles. The van der Waals surface area contributed by atoms with Crippen LogP contribution in [0.25, 0.3) is 17.2 Å². The molecule has 1 aliphatic rings. The Labute approximate surface area is 202 Å². The number of hydrogen-bond acceptors (Lipinski definition) is 5. The predicted molar refractivity (Wildman–Crippen MR) is 135 cm³/mol. The number of benzene rings is 2. The Balaban J connectivity index is 1.73. The molecule has 35 heavy (non-hydrogen) atoms. The molecule has 5 rings (SSSR count). The maximum Gasteiger partial charge on any atom is 0.338 e. The standard InChI is InChI=1S/C26H28FN7O/c1-15-11-20(12-16(2)24(15)27)34-25(23-17(3)30-8-7-22(23)31-34)33-10-9-32(26(33)35)19-5-6-21(29-4)18(13-19)14-28/h5-6,9-14,17,28-30H,7-8H2,1-4H3. The summed E-state index contributed by atoms with van der Waals surface area (Å²) in [6.07, 6.45) is 5.45. The van der Waals surface area contributed by atoms with Gasteiger partial charge in [0.1, 0.15) is 11.6 Å². The van der Waals surface area contributed by atoms with Crippen molar-refractivity contribution in [2.75, 3.05) is 18.9 Å². The monoisotopic (exact) mass is 473 g/mol. The lowest BCUT2D eigenvalue weighted by Gasteiger charge is -2.21. The molecule has 0 amide bonds. The van der Waals surface area contributed by atoms with Crippen molar-refractivity contribution < 1.29 is 4.39 Å². The van der Waals surface area contributed by atoms with Crippen LogP contribution in [0.5, 0.6) is 0 Å². The van der Waals surface area contributed by atoms with Crippen LogP contribution in [0.1, 0.15) is 40.9 Å². The minimum absolute atomic E-state index is 0.000165. The van der Waals surface area contributed by atoms with Gasteiger partial charge >= 0.3 is 5.69 Å². The first kappa shape index (κ1) is 22.8. The third-order valence-corrected chi connectivity index (χ3v) is 6.63. The average Bonchev–Trinajstić information content (AvgIpc) is 3.42. The summed E-state index contributed by atoms with van der Waals surface area (Å²) in [5.41, 5.74) is 5.55. The summed E-state index contributed by atoms with van der Waals surface area (Å²) in [5, 5.41) is 19.1. The highest BCUT2D eigenvalue weighted by molar-refractivity contribution is 5.86. The summed E-state index contributed by atoms with van der Waals surface area (Å²) in [4.78, 5) is 13.7. The van der Waals surface area contributed by atoms with E-state index in [4.69, 9.17) is 10.5 Å². The third kappa shape index (κ3) is 3.68. The fraction of sp³-hybridized carbons (Fsp3) is 0.269. The summed E-state index contributed by atoms with van der Waals surface area (Å²) in [7, 11) is 1.79. The van der Waals surface area contributed by atoms with E-state index in [1.807, 2.05) is 12.1 Å². The van der Waals surface area contributed by atoms with Crippen molar-refractivity contribution in [1.29, 1.82) is 5.41 Å². The van der Waals surface area contributed by atoms with E-state index in [1.54, 1.807) is 65.3 Å². The Morgan fingerprint density at radius 2 is 1.86 bits per heavy atom. The van der Waals surface area contributed by atoms with Crippen LogP contribution < -0.4 is 16.3 Å². The molecule has 3 heterocycles. The van der Waals surface area contributed by atoms with Gasteiger partial charge in [-0.1, -0.05) is 0 Å². The van der Waals surface area contributed by atoms with E-state index in [0.717, 1.165) is 29.9 Å². The summed E-state index contributed by atoms with van der Waals surface area (Å²) >= 11 is 0. The van der Waals surface area contributed by atoms with E-state index in [2.05, 4.69) is 17.6 Å². The van der Waals surface area contributed by atoms with Crippen LogP contribution in [0.4, 0.5) is 10.1 Å². The fourth-order valence-electron chi connectivity index (χ4n) is 4.84. The largest absolute Gasteiger partial charge is 0.388 e. The zero-order chi connectivity index (χ0) is 24.9. The zero-order valence-corrected chi connectivity index (χ0v) is 20.2. The summed E-state index contributed by atoms with van der Waals surface area (Å²) in [5.74, 6) is 0.408. The highest BCUT2D eigenvalue weighted by Crippen LogP contribution is 2.31. The Morgan fingerprint density at radius 1 is 1.14 bits per heavy atom. The Bertz CT molecular complexity index is 1490. The van der Waals surface area contributed by atoms with Gasteiger partial charge in [-0.3, -0.25) is 9.13 Å². The Hall–Kier alpha value is -3.98. The minimum Gasteiger partial charge on any atom is -0.388 e. The molecule has 0 saturated heterocycles. The van der Waals surface area contributed by atoms with Gasteiger partial charge in [0.05, 0.1) is 17.1 Å². The van der Waals surface area contributed by atoms with E-state index in [-0.39, 0.29) is 17.5 Å². The van der Waals surface area contributed by atoms with E-state index >= 15 is 0 Å². The maximum atomic E-state index is 14.4. The minimum atomic E-state index is -0.254. The SMILES string of the molecule is CNc1ccc(-n2ccn(-c3c4c(nn3-c3cc(C)c(F)c(C)c3)CCNC4C)c2=O)cc1C=N. The van der Waals surface area contributed by atoms with Gasteiger partial charge in [0, 0.05) is 61.5 Å². The van der Waals surface area contributed by atoms with Crippen LogP contribution in [-0.2, 0) is 6.42 Å². The molecule has 0 radical (unpaired) electrons. The third-order valence-electron chi connectivity index (χ3n) is 6.63. The van der Waals surface area contributed by atoms with Crippen LogP contribution in [0, 0.1) is 25.1 Å². The number of imidazole rings is 1. The fourth-order valence-corrected chi connectivity index (χ4v) is 4.84. The number of hydrogen-bond donors (Lipinski definition) is 3. The van der Waals surface area contributed by atoms with Crippen LogP contribution in [0.15, 0.2) is 47.5 Å². The molecule has 9 heteroatoms. The first-order chi connectivity index (χ1) is 16.8. The smallest absolute Gasteiger partial charge is 0.338 e. The first-order valence-corrected chi connectivity index (χ1v) is 11.6. The topological polar surface area (TPSA) is 92.7 Å². The zero-order valence-electron chi connectivity index (χ0n) is 20.2. The second kappa shape index (κ2) is 8.66. The number of nitrogens with zero attached hydrogens (tertiary/aromatic N) is 4. The van der Waals surface area contributed by atoms with Crippen molar-refractivity contribution in [3.63, 3.8) is 0 Å². The lowest BCUT2D eigenvalue weighted by atomic mass is 10.0. The quantitative estimate of drug-likeness (QED) is 0.384. The van der Waals surface area contributed by atoms with Crippen LogP contribution >= 0.6 is 0 Å². The van der Waals surface area contributed by atoms with E-state index in [1.165, 1.54) is 6.21 Å². The number of halogens is 1. The molecular formula is C26H28FN7O. The van der Waals surface area contributed by atoms with Crippen molar-refractivity contribution in [2.24, 2.45) is 0 Å². The molecule has 0 bridgehead atoms. The second-order valence-corrected chi connectivity index (χ2v) is 8.90. The second-order valence-electron chi connectivity index (χ2n) is 8.90. The molecule has 0 spiro atoms. The van der Waals surface area contributed by atoms with Gasteiger partial charge in [-0.15, -0.1) is 0 Å². The highest BCUT2D eigenvalue weighted by atomic mass is 19.1. The molecule has 1 unspecified atom stereocenters. The summed E-state index contributed by atoms with van der Waals surface area (Å²) in [6, 6.07) is 9.01. The Morgan fingerprint density at radius 3 is 2.54 bits per heavy atom. The van der Waals surface area contributed by atoms with Gasteiger partial charge < -0.3 is 16.0 Å². The molecule has 4 aromatic rings. The van der Waals surface area contributed by atoms with Crippen LogP contribution in [0.2, 0.25) is 0 Å². The maximum absolute atomic E-state index is 14.4. The van der Waals surface area contributed by atoms with Gasteiger partial charge in [-0.25, -0.2) is 13.9 Å². The number of rotatable bonds is 5. The van der Waals surface area contributed by atoms with Crippen molar-refractivity contribution in [3.05, 3.63) is 87.0 Å². The van der Waals surface area contributed by atoms with Gasteiger partial charge in [0.15, 0.2) is 0 Å². The van der Waals surface area contributed by atoms with Crippen LogP contribution in [-0.4, -0.2) is 38.7 Å². The number of anilines is 1. The molecule has 8 nitrogen and oxygen atoms in total. The lowest BCUT2D eigenvalue weighted by Crippen LogP contribution is -2.30. The van der Waals surface area contributed by atoms with Crippen molar-refractivity contribution in [2.45, 2.75) is 33.2 Å². The Kier molecular flexibility index (Phi) is 5.64. The molecule has 0 aliphatic carbocycles. The molecule has 1 aliphatic heterocycles. The van der Waals surface area contributed by atoms with Gasteiger partial charge in [-0.05, 0) is 62.2 Å². The van der Waals surface area contributed by atoms with Crippen molar-refractivity contribution >= 4 is 11.9 Å². The van der Waals surface area contributed by atoms with Gasteiger partial charge in [0.2, 0.25) is 0 Å². The molecule has 180 valence electrons. The van der Waals surface area contributed by atoms with E-state index < -0.39 is 0 Å². The molecule has 2 aromatic heterocycles. The predicted octanol–water partition coefficient (Wildman–Crippen LogP) is 3.82. The number of nitrogens with one attached hydrogen (secondary N) is 3. The van der Waals surface area contributed by atoms with Crippen molar-refractivity contribution in [3.8, 4) is 17.2 Å². The number of fused-ring (bicyclic) bond motifs is 1. The summed E-state index contributed by atoms with van der Waals surface area (Å²) in [6.45, 7) is 6.32. The molecule has 1 atom stereocenters. The number of aryl methyl sites for hydroxylation is 2. The first-order valence-electron chi connectivity index (χ1n) is 11.6. The normalized spacial score (nSPS) is 15.2. The highest BCUT2D eigenvalue weighted by Gasteiger charge is 2.29. The van der Waals surface area contributed by atoms with E-state index in [0.29, 0.717) is 33.9 Å². The van der Waals surface area contributed by atoms with Crippen LogP contribution in [0.3, 0.4) is 0 Å². The van der Waals surface area contributed by atoms with E-state index in [9.17, 15) is 9.18 Å². The lowest BCUT2D eigenvalue weighted by molar-refractivity contribution is 0.536. The van der Waals surface area contributed by atoms with Gasteiger partial charge in [0.25, 0.3) is 0 Å². The molecule has 2 aromatic carbocycles. The number of aromatic nitrogens is 4. The molecule has 0 fully saturated rings. The van der Waals surface area contributed by atoms with Gasteiger partial charge in [-0.2, -0.15) is 5.10 Å². The van der Waals surface area contributed by atoms with Crippen molar-refractivity contribution in [1.82, 2.24) is 24.2 Å². The molecular weight excluding hydrogens is 445 g/mol. The summed E-state index contributed by atoms with van der Waals surface area (Å²) < 4.78 is 19.3. The molecule has 3 N–H and O–H groups in total.